The third-order valence-corrected chi connectivity index (χ3v) is 4.63. The van der Waals surface area contributed by atoms with Crippen LogP contribution in [0, 0.1) is 37.6 Å². The van der Waals surface area contributed by atoms with Crippen molar-refractivity contribution in [3.63, 3.8) is 0 Å². The molecule has 3 heteroatoms. The van der Waals surface area contributed by atoms with Crippen LogP contribution in [-0.4, -0.2) is 11.1 Å². The molecule has 0 saturated carbocycles. The van der Waals surface area contributed by atoms with E-state index in [0.717, 1.165) is 19.3 Å². The molecule has 0 radical (unpaired) electrons. The second-order valence-corrected chi connectivity index (χ2v) is 8.82. The molecular weight excluding hydrogens is 292 g/mol. The Hall–Kier alpha value is 0.847. The zero-order valence-electron chi connectivity index (χ0n) is 9.10. The first-order chi connectivity index (χ1) is 6.18. The second-order valence-electron chi connectivity index (χ2n) is 2.81. The molecule has 0 spiro atoms. The van der Waals surface area contributed by atoms with Crippen molar-refractivity contribution in [2.24, 2.45) is 0 Å². The fourth-order valence-electron chi connectivity index (χ4n) is 0.776. The second kappa shape index (κ2) is 15.3. The summed E-state index contributed by atoms with van der Waals surface area (Å²) in [5, 5.41) is 8.14. The maximum absolute atomic E-state index is 9.87. The first kappa shape index (κ1) is 16.3. The third-order valence-electron chi connectivity index (χ3n) is 1.49. The summed E-state index contributed by atoms with van der Waals surface area (Å²) in [6, 6.07) is 0. The van der Waals surface area contributed by atoms with E-state index in [0.29, 0.717) is 6.42 Å². The average molecular weight is 314 g/mol. The van der Waals surface area contributed by atoms with E-state index in [1.165, 1.54) is 3.88 Å². The first-order valence-electron chi connectivity index (χ1n) is 5.11. The van der Waals surface area contributed by atoms with Gasteiger partial charge in [0.1, 0.15) is 0 Å². The van der Waals surface area contributed by atoms with Gasteiger partial charge in [-0.15, -0.1) is 0 Å². The van der Waals surface area contributed by atoms with E-state index in [4.69, 9.17) is 5.11 Å². The third kappa shape index (κ3) is 24.5. The van der Waals surface area contributed by atoms with Gasteiger partial charge >= 0.3 is 61.2 Å². The Balaban J connectivity index is 0. The summed E-state index contributed by atoms with van der Waals surface area (Å²) in [6.45, 7) is 6.65. The number of carboxylic acids is 1. The van der Waals surface area contributed by atoms with Crippen LogP contribution in [0.2, 0.25) is 3.88 Å². The van der Waals surface area contributed by atoms with Gasteiger partial charge in [-0.2, -0.15) is 0 Å². The van der Waals surface area contributed by atoms with Gasteiger partial charge < -0.3 is 5.11 Å². The molecule has 2 nitrogen and oxygen atoms in total. The van der Waals surface area contributed by atoms with Crippen LogP contribution in [0.15, 0.2) is 0 Å². The van der Waals surface area contributed by atoms with Gasteiger partial charge in [0.15, 0.2) is 0 Å². The Bertz CT molecular complexity index is 103. The molecule has 78 valence electrons. The van der Waals surface area contributed by atoms with Crippen LogP contribution >= 0.6 is 0 Å². The Morgan fingerprint density at radius 2 is 1.69 bits per heavy atom. The molecule has 0 aliphatic carbocycles. The predicted molar refractivity (Wildman–Crippen MR) is 52.7 cm³/mol. The summed E-state index contributed by atoms with van der Waals surface area (Å²) in [7, 11) is 0. The van der Waals surface area contributed by atoms with Crippen molar-refractivity contribution < 1.29 is 47.5 Å². The quantitative estimate of drug-likeness (QED) is 0.761. The summed E-state index contributed by atoms with van der Waals surface area (Å²) >= 11 is 0.0494. The molecule has 0 aromatic rings. The molecule has 0 aromatic heterocycles. The van der Waals surface area contributed by atoms with Gasteiger partial charge in [0.2, 0.25) is 0 Å². The fraction of sp³-hybridized carbons (Fsp3) is 0.900. The molecule has 0 amide bonds. The Morgan fingerprint density at radius 1 is 1.15 bits per heavy atom. The molecule has 1 N–H and O–H groups in total. The molecule has 0 aliphatic rings. The van der Waals surface area contributed by atoms with Gasteiger partial charge in [0.05, 0.1) is 0 Å². The summed E-state index contributed by atoms with van der Waals surface area (Å²) < 4.78 is 3.08. The van der Waals surface area contributed by atoms with Crippen molar-refractivity contribution in [1.82, 2.24) is 0 Å². The zero-order valence-corrected chi connectivity index (χ0v) is 12.2. The minimum atomic E-state index is -0.682. The van der Waals surface area contributed by atoms with Gasteiger partial charge in [0.25, 0.3) is 0 Å². The number of rotatable bonds is 6. The van der Waals surface area contributed by atoms with Crippen molar-refractivity contribution in [2.45, 2.75) is 50.3 Å². The first-order valence-corrected chi connectivity index (χ1v) is 9.55. The van der Waals surface area contributed by atoms with Crippen LogP contribution in [0.4, 0.5) is 0 Å². The summed E-state index contributed by atoms with van der Waals surface area (Å²) in [6.07, 6.45) is 3.28. The van der Waals surface area contributed by atoms with E-state index in [1.807, 2.05) is 0 Å². The molecule has 0 bridgehead atoms. The van der Waals surface area contributed by atoms with Gasteiger partial charge in [-0.3, -0.25) is 4.79 Å². The van der Waals surface area contributed by atoms with Crippen molar-refractivity contribution in [3.05, 3.63) is 0 Å². The number of hydrogen-bond donors (Lipinski definition) is 1. The van der Waals surface area contributed by atoms with Gasteiger partial charge in [-0.1, -0.05) is 19.8 Å². The Morgan fingerprint density at radius 3 is 1.92 bits per heavy atom. The topological polar surface area (TPSA) is 37.3 Å². The Kier molecular flexibility index (Phi) is 19.2. The zero-order chi connectivity index (χ0) is 10.5. The van der Waals surface area contributed by atoms with Crippen molar-refractivity contribution in [2.75, 3.05) is 0 Å². The number of carboxylic acid groups (broad SMARTS) is 1. The van der Waals surface area contributed by atoms with E-state index in [2.05, 4.69) is 20.8 Å². The molecular formula is C10H22CeO2. The molecule has 0 unspecified atom stereocenters. The standard InChI is InChI=1S/C6H12O2.2C2H5.Ce/c1-2-3-4-5-6(7)8;2*1-2;/h2-5H2,1H3,(H,7,8);2*1H2,2H3;. The normalized spacial score (nSPS) is 8.54. The molecule has 0 aliphatic heterocycles. The van der Waals surface area contributed by atoms with Gasteiger partial charge in [-0.05, 0) is 6.42 Å². The van der Waals surface area contributed by atoms with Crippen molar-refractivity contribution in [1.29, 1.82) is 0 Å². The SMILES string of the molecule is CCCCCC(=O)O.C[CH2][Ce][CH2]C. The average Bonchev–Trinajstić information content (AvgIpc) is 2.07. The van der Waals surface area contributed by atoms with Crippen LogP contribution < -0.4 is 0 Å². The van der Waals surface area contributed by atoms with Gasteiger partial charge in [0, 0.05) is 6.42 Å². The molecule has 0 rings (SSSR count). The molecule has 13 heavy (non-hydrogen) atoms. The number of aliphatic carboxylic acids is 1. The van der Waals surface area contributed by atoms with Crippen molar-refractivity contribution in [3.8, 4) is 0 Å². The van der Waals surface area contributed by atoms with E-state index in [1.54, 1.807) is 0 Å². The maximum atomic E-state index is 9.87. The van der Waals surface area contributed by atoms with Crippen LogP contribution in [-0.2, 0) is 4.79 Å². The number of hydrogen-bond acceptors (Lipinski definition) is 1. The van der Waals surface area contributed by atoms with E-state index < -0.39 is 5.97 Å². The van der Waals surface area contributed by atoms with Crippen molar-refractivity contribution >= 4 is 5.97 Å². The number of carbonyl (C=O) groups is 1. The van der Waals surface area contributed by atoms with E-state index >= 15 is 0 Å². The van der Waals surface area contributed by atoms with Crippen LogP contribution in [0.25, 0.3) is 0 Å². The minimum absolute atomic E-state index is 0.0494. The summed E-state index contributed by atoms with van der Waals surface area (Å²) in [5.74, 6) is -0.682. The summed E-state index contributed by atoms with van der Waals surface area (Å²) in [5.41, 5.74) is 0. The van der Waals surface area contributed by atoms with Crippen LogP contribution in [0.3, 0.4) is 0 Å². The molecule has 0 aromatic carbocycles. The van der Waals surface area contributed by atoms with Crippen LogP contribution in [0.5, 0.6) is 0 Å². The van der Waals surface area contributed by atoms with E-state index in [-0.39, 0.29) is 37.6 Å². The molecule has 0 saturated heterocycles. The molecule has 0 fully saturated rings. The molecule has 0 atom stereocenters. The van der Waals surface area contributed by atoms with E-state index in [9.17, 15) is 4.79 Å². The molecule has 0 heterocycles. The number of unbranched alkanes of at least 4 members (excludes halogenated alkanes) is 2. The van der Waals surface area contributed by atoms with Gasteiger partial charge in [-0.25, -0.2) is 0 Å². The summed E-state index contributed by atoms with van der Waals surface area (Å²) in [4.78, 5) is 9.87. The monoisotopic (exact) mass is 314 g/mol. The predicted octanol–water partition coefficient (Wildman–Crippen LogP) is 3.60. The fourth-order valence-corrected chi connectivity index (χ4v) is 2.35. The Labute approximate surface area is 103 Å². The van der Waals surface area contributed by atoms with Crippen LogP contribution in [0.1, 0.15) is 46.5 Å².